The molecule has 2 bridgehead atoms. The molecular weight excluding hydrogens is 504 g/mol. The Morgan fingerprint density at radius 2 is 1.72 bits per heavy atom. The molecule has 11 nitrogen and oxygen atoms in total. The van der Waals surface area contributed by atoms with Gasteiger partial charge in [0.25, 0.3) is 11.8 Å². The standard InChI is InChI=1S/C28H44N4O7/c1-20-26(35)31(4)15-7-8-16-32(27(36)28(2,3)38-6)17-9-14-29-24(33)13-11-21-10-12-22(37-5)23(18-21)39-19-25(34)30-20/h10,12,18,20H,7-9,11,13-17,19H2,1-6H3,(H,29,33)(H,30,34)/t20-/m0/s1. The largest absolute Gasteiger partial charge is 0.493 e. The molecule has 0 fully saturated rings. The van der Waals surface area contributed by atoms with Crippen LogP contribution in [0.25, 0.3) is 0 Å². The van der Waals surface area contributed by atoms with Crippen molar-refractivity contribution in [2.24, 2.45) is 0 Å². The number of methoxy groups -OCH3 is 2. The zero-order chi connectivity index (χ0) is 29.0. The molecule has 39 heavy (non-hydrogen) atoms. The number of amides is 4. The molecule has 0 unspecified atom stereocenters. The van der Waals surface area contributed by atoms with E-state index >= 15 is 0 Å². The predicted molar refractivity (Wildman–Crippen MR) is 147 cm³/mol. The quantitative estimate of drug-likeness (QED) is 0.587. The van der Waals surface area contributed by atoms with Crippen molar-refractivity contribution in [3.63, 3.8) is 0 Å². The lowest BCUT2D eigenvalue weighted by Gasteiger charge is -2.31. The van der Waals surface area contributed by atoms with Crippen LogP contribution in [0.15, 0.2) is 18.2 Å². The lowest BCUT2D eigenvalue weighted by atomic mass is 10.1. The van der Waals surface area contributed by atoms with Gasteiger partial charge in [-0.25, -0.2) is 0 Å². The number of nitrogens with zero attached hydrogens (tertiary/aromatic N) is 2. The van der Waals surface area contributed by atoms with E-state index in [-0.39, 0.29) is 30.7 Å². The highest BCUT2D eigenvalue weighted by molar-refractivity contribution is 5.87. The fourth-order valence-corrected chi connectivity index (χ4v) is 4.20. The highest BCUT2D eigenvalue weighted by Crippen LogP contribution is 2.28. The SMILES string of the molecule is COc1ccc2cc1OCC(=O)N[C@@H](C)C(=O)N(C)CCCCN(C(=O)C(C)(C)OC)CCCNC(=O)CC2. The molecule has 1 heterocycles. The summed E-state index contributed by atoms with van der Waals surface area (Å²) in [7, 11) is 4.70. The van der Waals surface area contributed by atoms with E-state index in [2.05, 4.69) is 10.6 Å². The average molecular weight is 549 g/mol. The number of fused-ring (bicyclic) bond motifs is 2. The number of hydrogen-bond donors (Lipinski definition) is 2. The molecule has 0 spiro atoms. The van der Waals surface area contributed by atoms with Crippen LogP contribution in [-0.4, -0.2) is 99.1 Å². The van der Waals surface area contributed by atoms with Gasteiger partial charge in [0.2, 0.25) is 11.8 Å². The van der Waals surface area contributed by atoms with Gasteiger partial charge in [-0.2, -0.15) is 0 Å². The first-order valence-electron chi connectivity index (χ1n) is 13.4. The van der Waals surface area contributed by atoms with Gasteiger partial charge >= 0.3 is 0 Å². The van der Waals surface area contributed by atoms with Gasteiger partial charge in [-0.1, -0.05) is 6.07 Å². The summed E-state index contributed by atoms with van der Waals surface area (Å²) in [4.78, 5) is 54.1. The third-order valence-electron chi connectivity index (χ3n) is 6.76. The minimum atomic E-state index is -0.963. The third kappa shape index (κ3) is 10.0. The van der Waals surface area contributed by atoms with E-state index in [1.54, 1.807) is 49.8 Å². The van der Waals surface area contributed by atoms with Gasteiger partial charge in [0.1, 0.15) is 11.6 Å². The van der Waals surface area contributed by atoms with E-state index in [0.717, 1.165) is 5.56 Å². The van der Waals surface area contributed by atoms with Gasteiger partial charge in [0, 0.05) is 46.8 Å². The Hall–Kier alpha value is -3.34. The van der Waals surface area contributed by atoms with Crippen LogP contribution in [0.2, 0.25) is 0 Å². The summed E-state index contributed by atoms with van der Waals surface area (Å²) in [5, 5.41) is 5.60. The maximum Gasteiger partial charge on any atom is 0.258 e. The average Bonchev–Trinajstić information content (AvgIpc) is 2.92. The normalized spacial score (nSPS) is 19.6. The van der Waals surface area contributed by atoms with Crippen molar-refractivity contribution >= 4 is 23.6 Å². The van der Waals surface area contributed by atoms with Gasteiger partial charge in [-0.05, 0) is 64.2 Å². The molecule has 0 aromatic heterocycles. The van der Waals surface area contributed by atoms with Crippen LogP contribution in [-0.2, 0) is 30.3 Å². The molecule has 0 aliphatic carbocycles. The summed E-state index contributed by atoms with van der Waals surface area (Å²) in [6, 6.07) is 4.59. The molecule has 2 rings (SSSR count). The molecule has 1 aromatic carbocycles. The molecule has 0 saturated carbocycles. The van der Waals surface area contributed by atoms with Crippen LogP contribution >= 0.6 is 0 Å². The van der Waals surface area contributed by atoms with Crippen molar-refractivity contribution in [2.45, 2.75) is 64.5 Å². The van der Waals surface area contributed by atoms with Crippen LogP contribution in [0.1, 0.15) is 52.0 Å². The Bertz CT molecular complexity index is 998. The van der Waals surface area contributed by atoms with Crippen molar-refractivity contribution < 1.29 is 33.4 Å². The van der Waals surface area contributed by atoms with Gasteiger partial charge < -0.3 is 34.6 Å². The first-order chi connectivity index (χ1) is 18.5. The zero-order valence-corrected chi connectivity index (χ0v) is 24.1. The second kappa shape index (κ2) is 15.3. The fraction of sp³-hybridized carbons (Fsp3) is 0.643. The number of rotatable bonds is 3. The maximum absolute atomic E-state index is 13.1. The number of nitrogens with one attached hydrogen (secondary N) is 2. The van der Waals surface area contributed by atoms with Gasteiger partial charge in [-0.15, -0.1) is 0 Å². The molecule has 1 aliphatic heterocycles. The van der Waals surface area contributed by atoms with E-state index in [4.69, 9.17) is 14.2 Å². The first kappa shape index (κ1) is 31.9. The summed E-state index contributed by atoms with van der Waals surface area (Å²) in [6.45, 7) is 6.71. The van der Waals surface area contributed by atoms with Crippen LogP contribution in [0.3, 0.4) is 0 Å². The zero-order valence-electron chi connectivity index (χ0n) is 24.1. The molecule has 2 N–H and O–H groups in total. The molecule has 1 atom stereocenters. The minimum Gasteiger partial charge on any atom is -0.493 e. The molecule has 218 valence electrons. The van der Waals surface area contributed by atoms with Crippen LogP contribution < -0.4 is 20.1 Å². The highest BCUT2D eigenvalue weighted by Gasteiger charge is 2.31. The van der Waals surface area contributed by atoms with Gasteiger partial charge in [-0.3, -0.25) is 19.2 Å². The summed E-state index contributed by atoms with van der Waals surface area (Å²) < 4.78 is 16.4. The van der Waals surface area contributed by atoms with Crippen molar-refractivity contribution in [1.29, 1.82) is 0 Å². The number of carbonyl (C=O) groups excluding carboxylic acids is 4. The summed E-state index contributed by atoms with van der Waals surface area (Å²) in [6.07, 6.45) is 2.72. The molecule has 0 saturated heterocycles. The summed E-state index contributed by atoms with van der Waals surface area (Å²) in [5.74, 6) is -0.0179. The number of carbonyl (C=O) groups is 4. The maximum atomic E-state index is 13.1. The van der Waals surface area contributed by atoms with Crippen LogP contribution in [0, 0.1) is 0 Å². The van der Waals surface area contributed by atoms with E-state index in [0.29, 0.717) is 63.4 Å². The number of benzene rings is 1. The van der Waals surface area contributed by atoms with Crippen molar-refractivity contribution in [1.82, 2.24) is 20.4 Å². The third-order valence-corrected chi connectivity index (χ3v) is 6.76. The molecule has 11 heteroatoms. The Morgan fingerprint density at radius 1 is 1.03 bits per heavy atom. The fourth-order valence-electron chi connectivity index (χ4n) is 4.20. The van der Waals surface area contributed by atoms with Crippen molar-refractivity contribution in [3.8, 4) is 11.5 Å². The Kier molecular flexibility index (Phi) is 12.5. The molecule has 4 amide bonds. The smallest absolute Gasteiger partial charge is 0.258 e. The lowest BCUT2D eigenvalue weighted by molar-refractivity contribution is -0.151. The van der Waals surface area contributed by atoms with E-state index in [9.17, 15) is 19.2 Å². The van der Waals surface area contributed by atoms with Crippen LogP contribution in [0.4, 0.5) is 0 Å². The molecular formula is C28H44N4O7. The molecule has 1 aromatic rings. The second-order valence-electron chi connectivity index (χ2n) is 10.2. The lowest BCUT2D eigenvalue weighted by Crippen LogP contribution is -2.48. The van der Waals surface area contributed by atoms with E-state index < -0.39 is 17.6 Å². The Balaban J connectivity index is 2.16. The Morgan fingerprint density at radius 3 is 2.41 bits per heavy atom. The van der Waals surface area contributed by atoms with Crippen molar-refractivity contribution in [3.05, 3.63) is 23.8 Å². The summed E-state index contributed by atoms with van der Waals surface area (Å²) in [5.41, 5.74) is -0.109. The first-order valence-corrected chi connectivity index (χ1v) is 13.4. The highest BCUT2D eigenvalue weighted by atomic mass is 16.5. The topological polar surface area (TPSA) is 127 Å². The van der Waals surface area contributed by atoms with E-state index in [1.165, 1.54) is 14.2 Å². The van der Waals surface area contributed by atoms with Crippen molar-refractivity contribution in [2.75, 3.05) is 54.1 Å². The monoisotopic (exact) mass is 548 g/mol. The van der Waals surface area contributed by atoms with Gasteiger partial charge in [0.15, 0.2) is 18.1 Å². The van der Waals surface area contributed by atoms with E-state index in [1.807, 2.05) is 6.07 Å². The number of hydrogen-bond acceptors (Lipinski definition) is 7. The summed E-state index contributed by atoms with van der Waals surface area (Å²) >= 11 is 0. The molecule has 1 aliphatic rings. The second-order valence-corrected chi connectivity index (χ2v) is 10.2. The minimum absolute atomic E-state index is 0.0911. The van der Waals surface area contributed by atoms with Gasteiger partial charge in [0.05, 0.1) is 7.11 Å². The predicted octanol–water partition coefficient (Wildman–Crippen LogP) is 1.52. The molecule has 0 radical (unpaired) electrons. The number of aryl methyl sites for hydroxylation is 1. The van der Waals surface area contributed by atoms with Crippen LogP contribution in [0.5, 0.6) is 11.5 Å². The number of ether oxygens (including phenoxy) is 3. The number of likely N-dealkylation sites (N-methyl/N-ethyl adjacent to an activating group) is 1. The Labute approximate surface area is 231 Å².